The van der Waals surface area contributed by atoms with Crippen LogP contribution >= 0.6 is 0 Å². The quantitative estimate of drug-likeness (QED) is 0.616. The molecule has 0 aromatic rings. The Morgan fingerprint density at radius 2 is 2.43 bits per heavy atom. The molecule has 2 atom stereocenters. The number of hydrogen-bond donors (Lipinski definition) is 1. The number of carbonyl (C=O) groups is 3. The molecule has 0 aromatic carbocycles. The number of amides is 1. The molecule has 1 amide bonds. The maximum atomic E-state index is 11.2. The minimum absolute atomic E-state index is 0.0554. The van der Waals surface area contributed by atoms with E-state index in [4.69, 9.17) is 4.74 Å². The van der Waals surface area contributed by atoms with Gasteiger partial charge >= 0.3 is 0 Å². The lowest BCUT2D eigenvalue weighted by Gasteiger charge is -2.13. The van der Waals surface area contributed by atoms with Crippen LogP contribution in [0.1, 0.15) is 19.8 Å². The van der Waals surface area contributed by atoms with Gasteiger partial charge < -0.3 is 14.8 Å². The fourth-order valence-electron chi connectivity index (χ4n) is 1.29. The zero-order valence-electron chi connectivity index (χ0n) is 7.99. The summed E-state index contributed by atoms with van der Waals surface area (Å²) in [5.41, 5.74) is 0. The SMILES string of the molecule is CC1OCC(=O)C1NC(=O)CCC=O. The number of hydrogen-bond acceptors (Lipinski definition) is 4. The van der Waals surface area contributed by atoms with Crippen molar-refractivity contribution in [2.75, 3.05) is 6.61 Å². The average Bonchev–Trinajstić information content (AvgIpc) is 2.46. The van der Waals surface area contributed by atoms with Gasteiger partial charge in [0.2, 0.25) is 5.91 Å². The van der Waals surface area contributed by atoms with Gasteiger partial charge in [0.05, 0.1) is 6.10 Å². The van der Waals surface area contributed by atoms with Crippen LogP contribution in [-0.4, -0.2) is 36.7 Å². The van der Waals surface area contributed by atoms with Crippen LogP contribution in [0.25, 0.3) is 0 Å². The zero-order chi connectivity index (χ0) is 10.6. The Kier molecular flexibility index (Phi) is 3.76. The number of rotatable bonds is 4. The third kappa shape index (κ3) is 2.63. The molecule has 1 heterocycles. The van der Waals surface area contributed by atoms with Gasteiger partial charge in [-0.05, 0) is 6.92 Å². The normalized spacial score (nSPS) is 26.2. The molecular formula is C9H13NO4. The Hall–Kier alpha value is -1.23. The Labute approximate surface area is 81.8 Å². The molecule has 14 heavy (non-hydrogen) atoms. The third-order valence-corrected chi connectivity index (χ3v) is 2.11. The number of aldehydes is 1. The molecule has 1 aliphatic rings. The molecule has 2 unspecified atom stereocenters. The molecule has 1 fully saturated rings. The monoisotopic (exact) mass is 199 g/mol. The lowest BCUT2D eigenvalue weighted by molar-refractivity contribution is -0.126. The summed E-state index contributed by atoms with van der Waals surface area (Å²) in [6, 6.07) is -0.547. The maximum absolute atomic E-state index is 11.2. The van der Waals surface area contributed by atoms with Gasteiger partial charge in [-0.15, -0.1) is 0 Å². The molecule has 1 rings (SSSR count). The van der Waals surface area contributed by atoms with Crippen molar-refractivity contribution in [3.05, 3.63) is 0 Å². The lowest BCUT2D eigenvalue weighted by atomic mass is 10.1. The predicted octanol–water partition coefficient (Wildman–Crippen LogP) is -0.562. The first kappa shape index (κ1) is 10.8. The topological polar surface area (TPSA) is 72.5 Å². The average molecular weight is 199 g/mol. The third-order valence-electron chi connectivity index (χ3n) is 2.11. The highest BCUT2D eigenvalue weighted by Crippen LogP contribution is 2.09. The van der Waals surface area contributed by atoms with Gasteiger partial charge in [-0.3, -0.25) is 9.59 Å². The molecule has 0 saturated carbocycles. The van der Waals surface area contributed by atoms with Crippen LogP contribution in [0, 0.1) is 0 Å². The summed E-state index contributed by atoms with van der Waals surface area (Å²) in [5, 5.41) is 2.54. The molecule has 0 aliphatic carbocycles. The minimum atomic E-state index is -0.547. The van der Waals surface area contributed by atoms with Crippen molar-refractivity contribution in [1.29, 1.82) is 0 Å². The summed E-state index contributed by atoms with van der Waals surface area (Å²) in [4.78, 5) is 32.4. The maximum Gasteiger partial charge on any atom is 0.221 e. The van der Waals surface area contributed by atoms with Crippen molar-refractivity contribution in [2.24, 2.45) is 0 Å². The fourth-order valence-corrected chi connectivity index (χ4v) is 1.29. The molecule has 1 aliphatic heterocycles. The summed E-state index contributed by atoms with van der Waals surface area (Å²) in [6.07, 6.45) is 0.709. The highest BCUT2D eigenvalue weighted by atomic mass is 16.5. The molecule has 1 saturated heterocycles. The Morgan fingerprint density at radius 3 is 2.93 bits per heavy atom. The van der Waals surface area contributed by atoms with Gasteiger partial charge in [-0.1, -0.05) is 0 Å². The molecule has 5 nitrogen and oxygen atoms in total. The van der Waals surface area contributed by atoms with Crippen LogP contribution in [0.5, 0.6) is 0 Å². The smallest absolute Gasteiger partial charge is 0.221 e. The lowest BCUT2D eigenvalue weighted by Crippen LogP contribution is -2.43. The van der Waals surface area contributed by atoms with Gasteiger partial charge in [0, 0.05) is 12.8 Å². The van der Waals surface area contributed by atoms with E-state index in [9.17, 15) is 14.4 Å². The van der Waals surface area contributed by atoms with E-state index in [-0.39, 0.29) is 37.2 Å². The second kappa shape index (κ2) is 4.85. The zero-order valence-corrected chi connectivity index (χ0v) is 7.99. The molecular weight excluding hydrogens is 186 g/mol. The Morgan fingerprint density at radius 1 is 1.71 bits per heavy atom. The van der Waals surface area contributed by atoms with Crippen molar-refractivity contribution in [2.45, 2.75) is 31.9 Å². The Balaban J connectivity index is 2.38. The second-order valence-electron chi connectivity index (χ2n) is 3.23. The molecule has 1 N–H and O–H groups in total. The molecule has 5 heteroatoms. The van der Waals surface area contributed by atoms with E-state index in [2.05, 4.69) is 5.32 Å². The first-order chi connectivity index (χ1) is 6.65. The fraction of sp³-hybridized carbons (Fsp3) is 0.667. The van der Waals surface area contributed by atoms with Crippen molar-refractivity contribution in [3.63, 3.8) is 0 Å². The van der Waals surface area contributed by atoms with E-state index < -0.39 is 6.04 Å². The standard InChI is InChI=1S/C9H13NO4/c1-6-9(7(12)5-14-6)10-8(13)3-2-4-11/h4,6,9H,2-3,5H2,1H3,(H,10,13). The summed E-state index contributed by atoms with van der Waals surface area (Å²) in [5.74, 6) is -0.398. The van der Waals surface area contributed by atoms with Gasteiger partial charge in [0.25, 0.3) is 0 Å². The van der Waals surface area contributed by atoms with Crippen molar-refractivity contribution < 1.29 is 19.1 Å². The van der Waals surface area contributed by atoms with Crippen molar-refractivity contribution in [1.82, 2.24) is 5.32 Å². The highest BCUT2D eigenvalue weighted by molar-refractivity contribution is 5.92. The molecule has 78 valence electrons. The van der Waals surface area contributed by atoms with Gasteiger partial charge in [0.15, 0.2) is 5.78 Å². The van der Waals surface area contributed by atoms with Crippen molar-refractivity contribution >= 4 is 18.0 Å². The van der Waals surface area contributed by atoms with E-state index in [0.29, 0.717) is 6.29 Å². The first-order valence-electron chi connectivity index (χ1n) is 4.52. The van der Waals surface area contributed by atoms with E-state index in [0.717, 1.165) is 0 Å². The van der Waals surface area contributed by atoms with Crippen LogP contribution in [0.4, 0.5) is 0 Å². The van der Waals surface area contributed by atoms with E-state index in [1.807, 2.05) is 0 Å². The van der Waals surface area contributed by atoms with Crippen LogP contribution in [0.2, 0.25) is 0 Å². The van der Waals surface area contributed by atoms with Crippen LogP contribution in [0.15, 0.2) is 0 Å². The summed E-state index contributed by atoms with van der Waals surface area (Å²) >= 11 is 0. The van der Waals surface area contributed by atoms with Gasteiger partial charge in [-0.2, -0.15) is 0 Å². The number of ketones is 1. The number of carbonyl (C=O) groups excluding carboxylic acids is 3. The van der Waals surface area contributed by atoms with Gasteiger partial charge in [0.1, 0.15) is 18.9 Å². The number of Topliss-reactive ketones (excluding diaryl/α,β-unsaturated/α-hetero) is 1. The molecule has 0 bridgehead atoms. The van der Waals surface area contributed by atoms with E-state index >= 15 is 0 Å². The van der Waals surface area contributed by atoms with Crippen LogP contribution in [0.3, 0.4) is 0 Å². The largest absolute Gasteiger partial charge is 0.368 e. The highest BCUT2D eigenvalue weighted by Gasteiger charge is 2.33. The summed E-state index contributed by atoms with van der Waals surface area (Å²) in [6.45, 7) is 1.79. The minimum Gasteiger partial charge on any atom is -0.368 e. The number of nitrogens with one attached hydrogen (secondary N) is 1. The van der Waals surface area contributed by atoms with E-state index in [1.165, 1.54) is 0 Å². The first-order valence-corrected chi connectivity index (χ1v) is 4.52. The molecule has 0 spiro atoms. The van der Waals surface area contributed by atoms with E-state index in [1.54, 1.807) is 6.92 Å². The summed E-state index contributed by atoms with van der Waals surface area (Å²) < 4.78 is 5.05. The van der Waals surface area contributed by atoms with Gasteiger partial charge in [-0.25, -0.2) is 0 Å². The van der Waals surface area contributed by atoms with Crippen LogP contribution in [-0.2, 0) is 19.1 Å². The molecule has 0 aromatic heterocycles. The molecule has 0 radical (unpaired) electrons. The van der Waals surface area contributed by atoms with Crippen LogP contribution < -0.4 is 5.32 Å². The summed E-state index contributed by atoms with van der Waals surface area (Å²) in [7, 11) is 0. The van der Waals surface area contributed by atoms with Crippen molar-refractivity contribution in [3.8, 4) is 0 Å². The predicted molar refractivity (Wildman–Crippen MR) is 47.6 cm³/mol. The Bertz CT molecular complexity index is 251. The second-order valence-corrected chi connectivity index (χ2v) is 3.23. The number of ether oxygens (including phenoxy) is 1.